The van der Waals surface area contributed by atoms with E-state index in [-0.39, 0.29) is 12.6 Å². The lowest BCUT2D eigenvalue weighted by atomic mass is 10.4. The van der Waals surface area contributed by atoms with E-state index in [2.05, 4.69) is 0 Å². The van der Waals surface area contributed by atoms with Crippen LogP contribution in [0, 0.1) is 0 Å². The smallest absolute Gasteiger partial charge is 0.373 e. The Morgan fingerprint density at radius 2 is 2.00 bits per heavy atom. The molecule has 0 aliphatic rings. The zero-order valence-corrected chi connectivity index (χ0v) is 5.53. The molecule has 0 radical (unpaired) electrons. The molecule has 10 heavy (non-hydrogen) atoms. The summed E-state index contributed by atoms with van der Waals surface area (Å²) in [6.45, 7) is 1.79. The molecule has 0 aromatic heterocycles. The van der Waals surface area contributed by atoms with Gasteiger partial charge in [0.05, 0.1) is 6.42 Å². The van der Waals surface area contributed by atoms with Crippen molar-refractivity contribution in [3.8, 4) is 0 Å². The van der Waals surface area contributed by atoms with Crippen molar-refractivity contribution in [2.45, 2.75) is 13.3 Å². The van der Waals surface area contributed by atoms with Gasteiger partial charge in [0.2, 0.25) is 0 Å². The Hall–Kier alpha value is -1.41. The van der Waals surface area contributed by atoms with Crippen molar-refractivity contribution in [2.75, 3.05) is 0 Å². The number of hydrogen-bond donors (Lipinski definition) is 1. The van der Waals surface area contributed by atoms with Gasteiger partial charge in [-0.2, -0.15) is 9.59 Å². The Kier molecular flexibility index (Phi) is 12.0. The summed E-state index contributed by atoms with van der Waals surface area (Å²) in [5.41, 5.74) is 0. The Morgan fingerprint density at radius 1 is 1.60 bits per heavy atom. The molecule has 0 saturated carbocycles. The van der Waals surface area contributed by atoms with E-state index in [1.165, 1.54) is 0 Å². The predicted octanol–water partition coefficient (Wildman–Crippen LogP) is 0.454. The fraction of sp³-hybridized carbons (Fsp3) is 0.333. The van der Waals surface area contributed by atoms with Gasteiger partial charge < -0.3 is 5.11 Å². The number of carboxylic acid groups (broad SMARTS) is 1. The lowest BCUT2D eigenvalue weighted by Crippen LogP contribution is -1.88. The van der Waals surface area contributed by atoms with Crippen molar-refractivity contribution in [1.29, 1.82) is 0 Å². The van der Waals surface area contributed by atoms with E-state index in [1.54, 1.807) is 19.1 Å². The van der Waals surface area contributed by atoms with Crippen molar-refractivity contribution in [2.24, 2.45) is 0 Å². The summed E-state index contributed by atoms with van der Waals surface area (Å²) in [7, 11) is 0. The first-order valence-electron chi connectivity index (χ1n) is 2.51. The van der Waals surface area contributed by atoms with Crippen molar-refractivity contribution in [1.82, 2.24) is 0 Å². The summed E-state index contributed by atoms with van der Waals surface area (Å²) >= 11 is 0. The Bertz CT molecular complexity index is 142. The van der Waals surface area contributed by atoms with E-state index in [0.29, 0.717) is 0 Å². The molecule has 1 N–H and O–H groups in total. The second-order valence-electron chi connectivity index (χ2n) is 1.25. The Morgan fingerprint density at radius 3 is 2.10 bits per heavy atom. The summed E-state index contributed by atoms with van der Waals surface area (Å²) < 4.78 is 0. The van der Waals surface area contributed by atoms with Crippen molar-refractivity contribution >= 4 is 12.1 Å². The molecule has 0 saturated heterocycles. The average Bonchev–Trinajstić information content (AvgIpc) is 1.85. The first-order chi connectivity index (χ1) is 4.68. The van der Waals surface area contributed by atoms with Gasteiger partial charge in [0, 0.05) is 0 Å². The second kappa shape index (κ2) is 10.5. The monoisotopic (exact) mass is 144 g/mol. The maximum atomic E-state index is 9.71. The third kappa shape index (κ3) is 30.7. The van der Waals surface area contributed by atoms with Gasteiger partial charge in [0.25, 0.3) is 0 Å². The summed E-state index contributed by atoms with van der Waals surface area (Å²) in [5, 5.41) is 7.99. The number of allylic oxidation sites excluding steroid dienone is 1. The predicted molar refractivity (Wildman–Crippen MR) is 32.1 cm³/mol. The van der Waals surface area contributed by atoms with E-state index < -0.39 is 5.97 Å². The van der Waals surface area contributed by atoms with Crippen LogP contribution in [0.15, 0.2) is 12.2 Å². The molecule has 0 unspecified atom stereocenters. The highest BCUT2D eigenvalue weighted by Gasteiger charge is 1.85. The molecule has 0 rings (SSSR count). The molecule has 0 aliphatic carbocycles. The number of carboxylic acids is 1. The van der Waals surface area contributed by atoms with Crippen molar-refractivity contribution in [3.63, 3.8) is 0 Å². The van der Waals surface area contributed by atoms with E-state index in [9.17, 15) is 4.79 Å². The average molecular weight is 144 g/mol. The SMILES string of the molecule is C/C=C/CC(=O)O.O=C=O. The Labute approximate surface area is 58.2 Å². The zero-order chi connectivity index (χ0) is 8.41. The summed E-state index contributed by atoms with van der Waals surface area (Å²) in [5.74, 6) is -0.780. The van der Waals surface area contributed by atoms with Crippen LogP contribution in [0.4, 0.5) is 0 Å². The first kappa shape index (κ1) is 11.4. The number of carbonyl (C=O) groups excluding carboxylic acids is 2. The molecular formula is C6H8O4. The fourth-order valence-electron chi connectivity index (χ4n) is 0.219. The van der Waals surface area contributed by atoms with Gasteiger partial charge in [0.15, 0.2) is 0 Å². The molecule has 0 atom stereocenters. The van der Waals surface area contributed by atoms with E-state index >= 15 is 0 Å². The number of hydrogen-bond acceptors (Lipinski definition) is 3. The minimum absolute atomic E-state index is 0.135. The van der Waals surface area contributed by atoms with Gasteiger partial charge in [0.1, 0.15) is 0 Å². The van der Waals surface area contributed by atoms with Gasteiger partial charge in [-0.25, -0.2) is 0 Å². The quantitative estimate of drug-likeness (QED) is 0.571. The van der Waals surface area contributed by atoms with Gasteiger partial charge in [-0.1, -0.05) is 12.2 Å². The van der Waals surface area contributed by atoms with Crippen LogP contribution < -0.4 is 0 Å². The van der Waals surface area contributed by atoms with Gasteiger partial charge in [-0.05, 0) is 6.92 Å². The largest absolute Gasteiger partial charge is 0.481 e. The van der Waals surface area contributed by atoms with Crippen LogP contribution in [0.1, 0.15) is 13.3 Å². The van der Waals surface area contributed by atoms with E-state index in [4.69, 9.17) is 14.7 Å². The second-order valence-corrected chi connectivity index (χ2v) is 1.25. The van der Waals surface area contributed by atoms with Crippen molar-refractivity contribution in [3.05, 3.63) is 12.2 Å². The molecular weight excluding hydrogens is 136 g/mol. The van der Waals surface area contributed by atoms with Crippen LogP contribution in [0.25, 0.3) is 0 Å². The fourth-order valence-corrected chi connectivity index (χ4v) is 0.219. The maximum absolute atomic E-state index is 9.71. The highest BCUT2D eigenvalue weighted by Crippen LogP contribution is 1.79. The van der Waals surface area contributed by atoms with Gasteiger partial charge in [-0.15, -0.1) is 0 Å². The maximum Gasteiger partial charge on any atom is 0.373 e. The minimum atomic E-state index is -0.780. The third-order valence-corrected chi connectivity index (χ3v) is 0.528. The normalized spacial score (nSPS) is 7.70. The molecule has 4 heteroatoms. The molecule has 0 aromatic carbocycles. The molecule has 0 amide bonds. The lowest BCUT2D eigenvalue weighted by Gasteiger charge is -1.77. The topological polar surface area (TPSA) is 71.4 Å². The van der Waals surface area contributed by atoms with Crippen molar-refractivity contribution < 1.29 is 19.5 Å². The van der Waals surface area contributed by atoms with Crippen LogP contribution in [0.2, 0.25) is 0 Å². The molecule has 0 fully saturated rings. The third-order valence-electron chi connectivity index (χ3n) is 0.528. The minimum Gasteiger partial charge on any atom is -0.481 e. The highest BCUT2D eigenvalue weighted by atomic mass is 16.4. The molecule has 0 heterocycles. The molecule has 0 spiro atoms. The zero-order valence-electron chi connectivity index (χ0n) is 5.53. The number of aliphatic carboxylic acids is 1. The summed E-state index contributed by atoms with van der Waals surface area (Å²) in [4.78, 5) is 26.0. The van der Waals surface area contributed by atoms with Crippen LogP contribution in [-0.2, 0) is 14.4 Å². The number of rotatable bonds is 2. The molecule has 0 bridgehead atoms. The van der Waals surface area contributed by atoms with E-state index in [1.807, 2.05) is 0 Å². The van der Waals surface area contributed by atoms with Crippen LogP contribution >= 0.6 is 0 Å². The molecule has 0 aliphatic heterocycles. The molecule has 0 aromatic rings. The number of carbonyl (C=O) groups is 1. The van der Waals surface area contributed by atoms with E-state index in [0.717, 1.165) is 0 Å². The summed E-state index contributed by atoms with van der Waals surface area (Å²) in [6, 6.07) is 0. The van der Waals surface area contributed by atoms with Crippen LogP contribution in [0.3, 0.4) is 0 Å². The standard InChI is InChI=1S/C5H8O2.CO2/c1-2-3-4-5(6)7;2-1-3/h2-3H,4H2,1H3,(H,6,7);/b3-2+;. The lowest BCUT2D eigenvalue weighted by molar-refractivity contribution is -0.191. The van der Waals surface area contributed by atoms with Gasteiger partial charge >= 0.3 is 12.1 Å². The van der Waals surface area contributed by atoms with Gasteiger partial charge in [-0.3, -0.25) is 4.79 Å². The Balaban J connectivity index is 0. The highest BCUT2D eigenvalue weighted by molar-refractivity contribution is 5.68. The van der Waals surface area contributed by atoms with Crippen LogP contribution in [0.5, 0.6) is 0 Å². The molecule has 4 nitrogen and oxygen atoms in total. The summed E-state index contributed by atoms with van der Waals surface area (Å²) in [6.07, 6.45) is 3.70. The molecule has 56 valence electrons. The first-order valence-corrected chi connectivity index (χ1v) is 2.51. The van der Waals surface area contributed by atoms with Crippen LogP contribution in [-0.4, -0.2) is 17.2 Å².